The molecule has 9 nitrogen and oxygen atoms in total. The number of aromatic nitrogens is 4. The first-order valence-electron chi connectivity index (χ1n) is 10.6. The number of nitrogens with one attached hydrogen (secondary N) is 1. The standard InChI is InChI=1S/C22H23ClF2N6O3/c1-13(2)31-12-15(10-27-31)19-16(23)11-26-22(29-19)28-17-4-3-14(9-18(17)34-21(24)25)20(32)30-5-7-33-8-6-30/h3-4,9-13,21H,5-8H2,1-2H3,(H,26,28,29). The molecule has 0 radical (unpaired) electrons. The number of alkyl halides is 2. The second kappa shape index (κ2) is 10.3. The van der Waals surface area contributed by atoms with Gasteiger partial charge in [0, 0.05) is 36.5 Å². The van der Waals surface area contributed by atoms with Crippen molar-refractivity contribution in [2.24, 2.45) is 0 Å². The van der Waals surface area contributed by atoms with Crippen LogP contribution in [0.25, 0.3) is 11.3 Å². The van der Waals surface area contributed by atoms with Crippen LogP contribution in [0.2, 0.25) is 5.02 Å². The summed E-state index contributed by atoms with van der Waals surface area (Å²) in [7, 11) is 0. The molecule has 3 aromatic rings. The summed E-state index contributed by atoms with van der Waals surface area (Å²) in [6.45, 7) is 2.61. The van der Waals surface area contributed by atoms with Gasteiger partial charge in [0.1, 0.15) is 5.75 Å². The first-order chi connectivity index (χ1) is 16.3. The van der Waals surface area contributed by atoms with E-state index in [1.807, 2.05) is 13.8 Å². The zero-order valence-corrected chi connectivity index (χ0v) is 19.3. The number of hydrogen-bond donors (Lipinski definition) is 1. The molecule has 12 heteroatoms. The lowest BCUT2D eigenvalue weighted by Gasteiger charge is -2.27. The fourth-order valence-corrected chi connectivity index (χ4v) is 3.59. The third kappa shape index (κ3) is 5.42. The van der Waals surface area contributed by atoms with E-state index in [-0.39, 0.29) is 34.9 Å². The summed E-state index contributed by atoms with van der Waals surface area (Å²) < 4.78 is 37.9. The van der Waals surface area contributed by atoms with Crippen LogP contribution in [-0.4, -0.2) is 63.5 Å². The maximum absolute atomic E-state index is 13.1. The largest absolute Gasteiger partial charge is 0.433 e. The molecule has 1 fully saturated rings. The van der Waals surface area contributed by atoms with Gasteiger partial charge in [0.2, 0.25) is 5.95 Å². The molecule has 1 aromatic carbocycles. The van der Waals surface area contributed by atoms with Crippen LogP contribution in [0.3, 0.4) is 0 Å². The van der Waals surface area contributed by atoms with E-state index in [1.54, 1.807) is 22.0 Å². The SMILES string of the molecule is CC(C)n1cc(-c2nc(Nc3ccc(C(=O)N4CCOCC4)cc3OC(F)F)ncc2Cl)cn1. The van der Waals surface area contributed by atoms with Crippen molar-refractivity contribution >= 4 is 29.1 Å². The van der Waals surface area contributed by atoms with Crippen LogP contribution >= 0.6 is 11.6 Å². The molecule has 0 spiro atoms. The zero-order valence-electron chi connectivity index (χ0n) is 18.5. The molecule has 3 heterocycles. The van der Waals surface area contributed by atoms with Crippen LogP contribution in [0.1, 0.15) is 30.2 Å². The van der Waals surface area contributed by atoms with Gasteiger partial charge in [-0.1, -0.05) is 11.6 Å². The van der Waals surface area contributed by atoms with E-state index < -0.39 is 6.61 Å². The first kappa shape index (κ1) is 23.8. The van der Waals surface area contributed by atoms with Crippen LogP contribution < -0.4 is 10.1 Å². The number of morpholine rings is 1. The fourth-order valence-electron chi connectivity index (χ4n) is 3.39. The number of anilines is 2. The van der Waals surface area contributed by atoms with E-state index in [9.17, 15) is 13.6 Å². The quantitative estimate of drug-likeness (QED) is 0.522. The van der Waals surface area contributed by atoms with Crippen molar-refractivity contribution in [2.45, 2.75) is 26.5 Å². The molecule has 1 amide bonds. The van der Waals surface area contributed by atoms with Gasteiger partial charge in [-0.05, 0) is 32.0 Å². The third-order valence-corrected chi connectivity index (χ3v) is 5.41. The Morgan fingerprint density at radius 2 is 2.00 bits per heavy atom. The fraction of sp³-hybridized carbons (Fsp3) is 0.364. The molecule has 0 unspecified atom stereocenters. The molecular formula is C22H23ClF2N6O3. The van der Waals surface area contributed by atoms with E-state index in [1.165, 1.54) is 24.4 Å². The molecule has 1 aliphatic heterocycles. The van der Waals surface area contributed by atoms with Gasteiger partial charge in [0.15, 0.2) is 0 Å². The normalized spacial score (nSPS) is 14.0. The molecular weight excluding hydrogens is 470 g/mol. The molecule has 2 aromatic heterocycles. The number of rotatable bonds is 7. The van der Waals surface area contributed by atoms with Crippen LogP contribution in [-0.2, 0) is 4.74 Å². The Balaban J connectivity index is 1.61. The van der Waals surface area contributed by atoms with Gasteiger partial charge in [0.25, 0.3) is 5.91 Å². The summed E-state index contributed by atoms with van der Waals surface area (Å²) in [6, 6.07) is 4.43. The summed E-state index contributed by atoms with van der Waals surface area (Å²) in [4.78, 5) is 22.9. The highest BCUT2D eigenvalue weighted by Crippen LogP contribution is 2.32. The van der Waals surface area contributed by atoms with Crippen molar-refractivity contribution in [3.63, 3.8) is 0 Å². The van der Waals surface area contributed by atoms with E-state index in [2.05, 4.69) is 25.1 Å². The maximum Gasteiger partial charge on any atom is 0.387 e. The lowest BCUT2D eigenvalue weighted by atomic mass is 10.1. The molecule has 0 bridgehead atoms. The summed E-state index contributed by atoms with van der Waals surface area (Å²) in [6.07, 6.45) is 4.85. The van der Waals surface area contributed by atoms with Gasteiger partial charge < -0.3 is 19.7 Å². The van der Waals surface area contributed by atoms with Crippen molar-refractivity contribution in [1.82, 2.24) is 24.6 Å². The minimum atomic E-state index is -3.09. The van der Waals surface area contributed by atoms with Crippen molar-refractivity contribution in [3.05, 3.63) is 47.4 Å². The minimum absolute atomic E-state index is 0.114. The lowest BCUT2D eigenvalue weighted by molar-refractivity contribution is -0.0494. The van der Waals surface area contributed by atoms with Gasteiger partial charge in [-0.3, -0.25) is 9.48 Å². The van der Waals surface area contributed by atoms with E-state index in [4.69, 9.17) is 16.3 Å². The van der Waals surface area contributed by atoms with Crippen molar-refractivity contribution in [1.29, 1.82) is 0 Å². The molecule has 1 aliphatic rings. The maximum atomic E-state index is 13.1. The Kier molecular flexibility index (Phi) is 7.23. The Bertz CT molecular complexity index is 1170. The molecule has 4 rings (SSSR count). The number of ether oxygens (including phenoxy) is 2. The van der Waals surface area contributed by atoms with E-state index in [0.29, 0.717) is 42.6 Å². The van der Waals surface area contributed by atoms with E-state index >= 15 is 0 Å². The van der Waals surface area contributed by atoms with Crippen LogP contribution in [0, 0.1) is 0 Å². The smallest absolute Gasteiger partial charge is 0.387 e. The molecule has 1 N–H and O–H groups in total. The summed E-state index contributed by atoms with van der Waals surface area (Å²) in [5.41, 5.74) is 1.51. The highest BCUT2D eigenvalue weighted by molar-refractivity contribution is 6.32. The molecule has 0 saturated carbocycles. The molecule has 180 valence electrons. The summed E-state index contributed by atoms with van der Waals surface area (Å²) >= 11 is 6.29. The molecule has 0 atom stereocenters. The van der Waals surface area contributed by atoms with Crippen LogP contribution in [0.4, 0.5) is 20.4 Å². The van der Waals surface area contributed by atoms with Gasteiger partial charge in [-0.2, -0.15) is 13.9 Å². The second-order valence-electron chi connectivity index (χ2n) is 7.81. The number of carbonyl (C=O) groups is 1. The average Bonchev–Trinajstić information content (AvgIpc) is 3.32. The summed E-state index contributed by atoms with van der Waals surface area (Å²) in [5, 5.41) is 7.48. The molecule has 0 aliphatic carbocycles. The van der Waals surface area contributed by atoms with Gasteiger partial charge in [0.05, 0.1) is 42.0 Å². The predicted molar refractivity (Wildman–Crippen MR) is 122 cm³/mol. The predicted octanol–water partition coefficient (Wildman–Crippen LogP) is 4.39. The van der Waals surface area contributed by atoms with Crippen LogP contribution in [0.5, 0.6) is 5.75 Å². The van der Waals surface area contributed by atoms with Crippen molar-refractivity contribution in [3.8, 4) is 17.0 Å². The van der Waals surface area contributed by atoms with Crippen molar-refractivity contribution < 1.29 is 23.0 Å². The van der Waals surface area contributed by atoms with Gasteiger partial charge in [-0.25, -0.2) is 9.97 Å². The topological polar surface area (TPSA) is 94.4 Å². The number of hydrogen-bond acceptors (Lipinski definition) is 7. The Morgan fingerprint density at radius 1 is 1.24 bits per heavy atom. The zero-order chi connectivity index (χ0) is 24.2. The Morgan fingerprint density at radius 3 is 2.68 bits per heavy atom. The second-order valence-corrected chi connectivity index (χ2v) is 8.22. The lowest BCUT2D eigenvalue weighted by Crippen LogP contribution is -2.40. The first-order valence-corrected chi connectivity index (χ1v) is 11.0. The number of halogens is 3. The highest BCUT2D eigenvalue weighted by Gasteiger charge is 2.21. The highest BCUT2D eigenvalue weighted by atomic mass is 35.5. The molecule has 1 saturated heterocycles. The van der Waals surface area contributed by atoms with Crippen molar-refractivity contribution in [2.75, 3.05) is 31.6 Å². The Labute approximate surface area is 199 Å². The van der Waals surface area contributed by atoms with Crippen LogP contribution in [0.15, 0.2) is 36.8 Å². The third-order valence-electron chi connectivity index (χ3n) is 5.14. The monoisotopic (exact) mass is 492 g/mol. The molecule has 34 heavy (non-hydrogen) atoms. The summed E-state index contributed by atoms with van der Waals surface area (Å²) in [5.74, 6) is -0.383. The number of amides is 1. The van der Waals surface area contributed by atoms with Gasteiger partial charge >= 0.3 is 6.61 Å². The number of benzene rings is 1. The Hall–Kier alpha value is -3.31. The number of carbonyl (C=O) groups excluding carboxylic acids is 1. The number of nitrogens with zero attached hydrogens (tertiary/aromatic N) is 5. The minimum Gasteiger partial charge on any atom is -0.433 e. The van der Waals surface area contributed by atoms with E-state index in [0.717, 1.165) is 0 Å². The van der Waals surface area contributed by atoms with Gasteiger partial charge in [-0.15, -0.1) is 0 Å². The average molecular weight is 493 g/mol.